The number of hydrogen-bond acceptors (Lipinski definition) is 5. The van der Waals surface area contributed by atoms with Crippen LogP contribution in [0.3, 0.4) is 0 Å². The number of hydrogen-bond donors (Lipinski definition) is 1. The molecule has 2 heterocycles. The van der Waals surface area contributed by atoms with E-state index < -0.39 is 6.10 Å². The molecule has 1 aromatic heterocycles. The summed E-state index contributed by atoms with van der Waals surface area (Å²) in [4.78, 5) is 17.8. The van der Waals surface area contributed by atoms with Crippen LogP contribution in [-0.2, 0) is 4.79 Å². The van der Waals surface area contributed by atoms with Crippen molar-refractivity contribution in [1.29, 1.82) is 0 Å². The number of thiazole rings is 1. The topological polar surface area (TPSA) is 60.5 Å². The number of nitrogens with one attached hydrogen (secondary N) is 1. The lowest BCUT2D eigenvalue weighted by molar-refractivity contribution is -0.131. The Morgan fingerprint density at radius 1 is 1.36 bits per heavy atom. The zero-order chi connectivity index (χ0) is 15.7. The molecule has 2 atom stereocenters. The average Bonchev–Trinajstić information content (AvgIpc) is 2.85. The molecule has 1 aromatic carbocycles. The summed E-state index contributed by atoms with van der Waals surface area (Å²) < 4.78 is 11.3. The minimum absolute atomic E-state index is 0.0977. The van der Waals surface area contributed by atoms with Gasteiger partial charge in [-0.3, -0.25) is 4.79 Å². The first kappa shape index (κ1) is 14.8. The third-order valence-corrected chi connectivity index (χ3v) is 4.75. The Balaban J connectivity index is 1.67. The SMILES string of the molecule is Cc1nc(C)c(C(C)NC(=O)C2COc3ccccc3O2)s1. The highest BCUT2D eigenvalue weighted by Gasteiger charge is 2.28. The van der Waals surface area contributed by atoms with Crippen LogP contribution in [-0.4, -0.2) is 23.6 Å². The number of carbonyl (C=O) groups is 1. The van der Waals surface area contributed by atoms with Crippen molar-refractivity contribution in [3.05, 3.63) is 39.8 Å². The molecule has 2 unspecified atom stereocenters. The highest BCUT2D eigenvalue weighted by Crippen LogP contribution is 2.31. The van der Waals surface area contributed by atoms with Crippen molar-refractivity contribution in [3.8, 4) is 11.5 Å². The monoisotopic (exact) mass is 318 g/mol. The lowest BCUT2D eigenvalue weighted by atomic mass is 10.2. The van der Waals surface area contributed by atoms with Crippen LogP contribution >= 0.6 is 11.3 Å². The maximum absolute atomic E-state index is 12.4. The number of para-hydroxylation sites is 2. The van der Waals surface area contributed by atoms with Gasteiger partial charge in [0.15, 0.2) is 11.5 Å². The minimum Gasteiger partial charge on any atom is -0.485 e. The molecule has 1 aliphatic rings. The smallest absolute Gasteiger partial charge is 0.265 e. The van der Waals surface area contributed by atoms with E-state index in [9.17, 15) is 4.79 Å². The zero-order valence-corrected chi connectivity index (χ0v) is 13.6. The Labute approximate surface area is 133 Å². The Morgan fingerprint density at radius 2 is 2.09 bits per heavy atom. The molecule has 1 amide bonds. The molecular weight excluding hydrogens is 300 g/mol. The van der Waals surface area contributed by atoms with Gasteiger partial charge in [0.2, 0.25) is 6.10 Å². The fraction of sp³-hybridized carbons (Fsp3) is 0.375. The Morgan fingerprint density at radius 3 is 2.77 bits per heavy atom. The summed E-state index contributed by atoms with van der Waals surface area (Å²) in [6, 6.07) is 7.26. The minimum atomic E-state index is -0.633. The standard InChI is InChI=1S/C16H18N2O3S/c1-9-15(22-11(3)17-9)10(2)18-16(19)14-8-20-12-6-4-5-7-13(12)21-14/h4-7,10,14H,8H2,1-3H3,(H,18,19). The molecule has 0 aliphatic carbocycles. The maximum Gasteiger partial charge on any atom is 0.265 e. The predicted molar refractivity (Wildman–Crippen MR) is 84.5 cm³/mol. The van der Waals surface area contributed by atoms with Gasteiger partial charge in [0, 0.05) is 4.88 Å². The summed E-state index contributed by atoms with van der Waals surface area (Å²) in [5.41, 5.74) is 0.960. The second-order valence-corrected chi connectivity index (χ2v) is 6.51. The number of nitrogens with zero attached hydrogens (tertiary/aromatic N) is 1. The van der Waals surface area contributed by atoms with Crippen molar-refractivity contribution in [2.24, 2.45) is 0 Å². The fourth-order valence-electron chi connectivity index (χ4n) is 2.47. The summed E-state index contributed by atoms with van der Waals surface area (Å²) in [5.74, 6) is 1.10. The van der Waals surface area contributed by atoms with E-state index in [4.69, 9.17) is 9.47 Å². The third kappa shape index (κ3) is 2.92. The number of benzene rings is 1. The van der Waals surface area contributed by atoms with E-state index in [0.29, 0.717) is 11.5 Å². The molecule has 3 rings (SSSR count). The van der Waals surface area contributed by atoms with Gasteiger partial charge in [-0.05, 0) is 32.9 Å². The Hall–Kier alpha value is -2.08. The summed E-state index contributed by atoms with van der Waals surface area (Å²) in [5, 5.41) is 3.98. The first-order chi connectivity index (χ1) is 10.5. The summed E-state index contributed by atoms with van der Waals surface area (Å²) >= 11 is 1.60. The van der Waals surface area contributed by atoms with Crippen molar-refractivity contribution >= 4 is 17.2 Å². The molecule has 6 heteroatoms. The molecule has 1 N–H and O–H groups in total. The van der Waals surface area contributed by atoms with E-state index in [1.165, 1.54) is 0 Å². The molecule has 0 spiro atoms. The predicted octanol–water partition coefficient (Wildman–Crippen LogP) is 2.78. The lowest BCUT2D eigenvalue weighted by Gasteiger charge is -2.26. The van der Waals surface area contributed by atoms with E-state index in [1.807, 2.05) is 39.0 Å². The van der Waals surface area contributed by atoms with Crippen LogP contribution in [0.2, 0.25) is 0 Å². The summed E-state index contributed by atoms with van der Waals surface area (Å²) in [6.07, 6.45) is -0.633. The average molecular weight is 318 g/mol. The second-order valence-electron chi connectivity index (χ2n) is 5.28. The van der Waals surface area contributed by atoms with Gasteiger partial charge in [0.05, 0.1) is 16.7 Å². The number of aromatic nitrogens is 1. The van der Waals surface area contributed by atoms with Crippen molar-refractivity contribution in [3.63, 3.8) is 0 Å². The van der Waals surface area contributed by atoms with E-state index in [2.05, 4.69) is 10.3 Å². The van der Waals surface area contributed by atoms with Crippen LogP contribution in [0.5, 0.6) is 11.5 Å². The summed E-state index contributed by atoms with van der Waals surface area (Å²) in [6.45, 7) is 6.09. The third-order valence-electron chi connectivity index (χ3n) is 3.49. The van der Waals surface area contributed by atoms with Gasteiger partial charge < -0.3 is 14.8 Å². The van der Waals surface area contributed by atoms with Gasteiger partial charge in [-0.15, -0.1) is 11.3 Å². The van der Waals surface area contributed by atoms with Gasteiger partial charge in [-0.25, -0.2) is 4.98 Å². The summed E-state index contributed by atoms with van der Waals surface area (Å²) in [7, 11) is 0. The van der Waals surface area contributed by atoms with E-state index in [-0.39, 0.29) is 18.6 Å². The molecule has 116 valence electrons. The lowest BCUT2D eigenvalue weighted by Crippen LogP contribution is -2.44. The van der Waals surface area contributed by atoms with Crippen LogP contribution < -0.4 is 14.8 Å². The van der Waals surface area contributed by atoms with Gasteiger partial charge in [-0.1, -0.05) is 12.1 Å². The molecule has 0 saturated carbocycles. The van der Waals surface area contributed by atoms with Crippen molar-refractivity contribution in [2.75, 3.05) is 6.61 Å². The fourth-order valence-corrected chi connectivity index (χ4v) is 3.40. The van der Waals surface area contributed by atoms with Crippen LogP contribution in [0.4, 0.5) is 0 Å². The van der Waals surface area contributed by atoms with Gasteiger partial charge in [0.25, 0.3) is 5.91 Å². The number of fused-ring (bicyclic) bond motifs is 1. The highest BCUT2D eigenvalue weighted by molar-refractivity contribution is 7.11. The first-order valence-electron chi connectivity index (χ1n) is 7.17. The number of carbonyl (C=O) groups excluding carboxylic acids is 1. The van der Waals surface area contributed by atoms with Gasteiger partial charge >= 0.3 is 0 Å². The molecule has 0 fully saturated rings. The second kappa shape index (κ2) is 5.96. The molecule has 0 radical (unpaired) electrons. The molecule has 0 saturated heterocycles. The van der Waals surface area contributed by atoms with E-state index >= 15 is 0 Å². The van der Waals surface area contributed by atoms with Crippen LogP contribution in [0.25, 0.3) is 0 Å². The van der Waals surface area contributed by atoms with Crippen molar-refractivity contribution in [2.45, 2.75) is 32.9 Å². The maximum atomic E-state index is 12.4. The normalized spacial score (nSPS) is 17.9. The van der Waals surface area contributed by atoms with Gasteiger partial charge in [0.1, 0.15) is 6.61 Å². The Kier molecular flexibility index (Phi) is 4.02. The molecule has 0 bridgehead atoms. The highest BCUT2D eigenvalue weighted by atomic mass is 32.1. The largest absolute Gasteiger partial charge is 0.485 e. The molecule has 5 nitrogen and oxygen atoms in total. The van der Waals surface area contributed by atoms with Gasteiger partial charge in [-0.2, -0.15) is 0 Å². The molecular formula is C16H18N2O3S. The van der Waals surface area contributed by atoms with Crippen LogP contribution in [0.15, 0.2) is 24.3 Å². The number of rotatable bonds is 3. The van der Waals surface area contributed by atoms with Crippen LogP contribution in [0.1, 0.15) is 28.5 Å². The van der Waals surface area contributed by atoms with Crippen molar-refractivity contribution in [1.82, 2.24) is 10.3 Å². The van der Waals surface area contributed by atoms with E-state index in [0.717, 1.165) is 15.6 Å². The molecule has 22 heavy (non-hydrogen) atoms. The first-order valence-corrected chi connectivity index (χ1v) is 7.99. The number of amides is 1. The van der Waals surface area contributed by atoms with Crippen LogP contribution in [0, 0.1) is 13.8 Å². The van der Waals surface area contributed by atoms with E-state index in [1.54, 1.807) is 17.4 Å². The molecule has 2 aromatic rings. The molecule has 1 aliphatic heterocycles. The quantitative estimate of drug-likeness (QED) is 0.945. The number of aryl methyl sites for hydroxylation is 2. The number of ether oxygens (including phenoxy) is 2. The zero-order valence-electron chi connectivity index (χ0n) is 12.8. The Bertz CT molecular complexity index is 698. The van der Waals surface area contributed by atoms with Crippen molar-refractivity contribution < 1.29 is 14.3 Å².